The van der Waals surface area contributed by atoms with E-state index in [1.165, 1.54) is 18.2 Å². The van der Waals surface area contributed by atoms with Gasteiger partial charge < -0.3 is 14.0 Å². The van der Waals surface area contributed by atoms with Crippen LogP contribution in [-0.4, -0.2) is 43.3 Å². The summed E-state index contributed by atoms with van der Waals surface area (Å²) in [6, 6.07) is 0. The van der Waals surface area contributed by atoms with Crippen molar-refractivity contribution in [1.29, 1.82) is 0 Å². The standard InChI is InChI=1S/C12H14N2O6/c1-3-19-12(17)8-5-13-20-10(8)14-6-7(4-9(14)15)11(16)18-2/h5,7H,3-4,6H2,1-2H3. The molecule has 0 saturated carbocycles. The van der Waals surface area contributed by atoms with Crippen LogP contribution in [0.5, 0.6) is 0 Å². The molecule has 2 heterocycles. The quantitative estimate of drug-likeness (QED) is 0.736. The number of hydrogen-bond acceptors (Lipinski definition) is 7. The van der Waals surface area contributed by atoms with Crippen LogP contribution in [0.3, 0.4) is 0 Å². The number of carbonyl (C=O) groups is 3. The van der Waals surface area contributed by atoms with Crippen molar-refractivity contribution in [3.05, 3.63) is 11.8 Å². The molecule has 2 rings (SSSR count). The molecule has 0 radical (unpaired) electrons. The van der Waals surface area contributed by atoms with Crippen molar-refractivity contribution >= 4 is 23.7 Å². The number of esters is 2. The molecular weight excluding hydrogens is 268 g/mol. The fraction of sp³-hybridized carbons (Fsp3) is 0.500. The first-order valence-corrected chi connectivity index (χ1v) is 6.08. The fourth-order valence-corrected chi connectivity index (χ4v) is 2.01. The van der Waals surface area contributed by atoms with E-state index < -0.39 is 17.9 Å². The van der Waals surface area contributed by atoms with Gasteiger partial charge in [-0.05, 0) is 6.92 Å². The molecule has 20 heavy (non-hydrogen) atoms. The van der Waals surface area contributed by atoms with Gasteiger partial charge in [0.25, 0.3) is 0 Å². The topological polar surface area (TPSA) is 98.9 Å². The van der Waals surface area contributed by atoms with E-state index >= 15 is 0 Å². The number of carbonyl (C=O) groups excluding carboxylic acids is 3. The maximum atomic E-state index is 11.9. The van der Waals surface area contributed by atoms with Crippen molar-refractivity contribution in [3.8, 4) is 0 Å². The maximum Gasteiger partial charge on any atom is 0.345 e. The number of hydrogen-bond donors (Lipinski definition) is 0. The molecule has 1 amide bonds. The second-order valence-corrected chi connectivity index (χ2v) is 4.19. The third-order valence-electron chi connectivity index (χ3n) is 2.95. The van der Waals surface area contributed by atoms with Gasteiger partial charge in [0.05, 0.1) is 25.8 Å². The summed E-state index contributed by atoms with van der Waals surface area (Å²) in [5, 5.41) is 3.51. The maximum absolute atomic E-state index is 11.9. The number of rotatable bonds is 4. The van der Waals surface area contributed by atoms with E-state index in [9.17, 15) is 14.4 Å². The first kappa shape index (κ1) is 14.0. The highest BCUT2D eigenvalue weighted by Crippen LogP contribution is 2.29. The van der Waals surface area contributed by atoms with Crippen molar-refractivity contribution in [2.24, 2.45) is 5.92 Å². The summed E-state index contributed by atoms with van der Waals surface area (Å²) in [6.07, 6.45) is 1.20. The number of nitrogens with zero attached hydrogens (tertiary/aromatic N) is 2. The van der Waals surface area contributed by atoms with Crippen LogP contribution in [0.2, 0.25) is 0 Å². The monoisotopic (exact) mass is 282 g/mol. The van der Waals surface area contributed by atoms with Crippen LogP contribution in [0.1, 0.15) is 23.7 Å². The Morgan fingerprint density at radius 3 is 2.95 bits per heavy atom. The lowest BCUT2D eigenvalue weighted by molar-refractivity contribution is -0.145. The first-order valence-electron chi connectivity index (χ1n) is 6.08. The van der Waals surface area contributed by atoms with E-state index in [1.807, 2.05) is 0 Å². The molecule has 0 bridgehead atoms. The second-order valence-electron chi connectivity index (χ2n) is 4.19. The van der Waals surface area contributed by atoms with Gasteiger partial charge in [-0.2, -0.15) is 0 Å². The molecule has 0 spiro atoms. The molecule has 0 N–H and O–H groups in total. The summed E-state index contributed by atoms with van der Waals surface area (Å²) in [5.41, 5.74) is 0.0608. The van der Waals surface area contributed by atoms with E-state index in [-0.39, 0.29) is 36.9 Å². The lowest BCUT2D eigenvalue weighted by Crippen LogP contribution is -2.27. The smallest absolute Gasteiger partial charge is 0.345 e. The highest BCUT2D eigenvalue weighted by atomic mass is 16.5. The third-order valence-corrected chi connectivity index (χ3v) is 2.95. The molecule has 108 valence electrons. The van der Waals surface area contributed by atoms with Crippen LogP contribution in [-0.2, 0) is 19.1 Å². The van der Waals surface area contributed by atoms with Gasteiger partial charge in [-0.1, -0.05) is 5.16 Å². The third kappa shape index (κ3) is 2.49. The van der Waals surface area contributed by atoms with Gasteiger partial charge >= 0.3 is 11.9 Å². The minimum Gasteiger partial charge on any atom is -0.469 e. The van der Waals surface area contributed by atoms with Gasteiger partial charge in [-0.3, -0.25) is 14.5 Å². The summed E-state index contributed by atoms with van der Waals surface area (Å²) in [4.78, 5) is 36.3. The Labute approximate surface area is 114 Å². The van der Waals surface area contributed by atoms with Gasteiger partial charge in [0, 0.05) is 13.0 Å². The molecule has 1 fully saturated rings. The summed E-state index contributed by atoms with van der Waals surface area (Å²) in [5.74, 6) is -2.01. The molecular formula is C12H14N2O6. The predicted octanol–water partition coefficient (Wildman–Crippen LogP) is 0.377. The minimum atomic E-state index is -0.627. The average Bonchev–Trinajstić information content (AvgIpc) is 3.04. The van der Waals surface area contributed by atoms with Crippen LogP contribution in [0.4, 0.5) is 5.88 Å². The SMILES string of the molecule is CCOC(=O)c1cnoc1N1CC(C(=O)OC)CC1=O. The highest BCUT2D eigenvalue weighted by Gasteiger charge is 2.39. The normalized spacial score (nSPS) is 18.2. The van der Waals surface area contributed by atoms with Crippen molar-refractivity contribution in [2.75, 3.05) is 25.2 Å². The van der Waals surface area contributed by atoms with E-state index in [0.29, 0.717) is 0 Å². The number of methoxy groups -OCH3 is 1. The molecule has 1 aliphatic heterocycles. The summed E-state index contributed by atoms with van der Waals surface area (Å²) in [7, 11) is 1.26. The van der Waals surface area contributed by atoms with Crippen LogP contribution in [0.15, 0.2) is 10.7 Å². The van der Waals surface area contributed by atoms with Crippen molar-refractivity contribution in [2.45, 2.75) is 13.3 Å². The van der Waals surface area contributed by atoms with Crippen molar-refractivity contribution in [1.82, 2.24) is 5.16 Å². The zero-order valence-corrected chi connectivity index (χ0v) is 11.1. The number of amides is 1. The van der Waals surface area contributed by atoms with Crippen molar-refractivity contribution < 1.29 is 28.4 Å². The minimum absolute atomic E-state index is 0.000136. The van der Waals surface area contributed by atoms with Crippen LogP contribution in [0, 0.1) is 5.92 Å². The summed E-state index contributed by atoms with van der Waals surface area (Å²) < 4.78 is 14.4. The van der Waals surface area contributed by atoms with E-state index in [2.05, 4.69) is 9.89 Å². The molecule has 1 unspecified atom stereocenters. The number of anilines is 1. The second kappa shape index (κ2) is 5.72. The molecule has 0 aromatic carbocycles. The lowest BCUT2D eigenvalue weighted by atomic mass is 10.1. The molecule has 1 atom stereocenters. The van der Waals surface area contributed by atoms with E-state index in [0.717, 1.165) is 0 Å². The molecule has 1 aromatic heterocycles. The van der Waals surface area contributed by atoms with Gasteiger partial charge in [0.1, 0.15) is 5.56 Å². The Morgan fingerprint density at radius 1 is 1.55 bits per heavy atom. The van der Waals surface area contributed by atoms with Crippen LogP contribution >= 0.6 is 0 Å². The molecule has 8 heteroatoms. The van der Waals surface area contributed by atoms with Crippen molar-refractivity contribution in [3.63, 3.8) is 0 Å². The molecule has 1 aliphatic rings. The Bertz CT molecular complexity index is 538. The molecule has 1 saturated heterocycles. The molecule has 0 aliphatic carbocycles. The highest BCUT2D eigenvalue weighted by molar-refractivity contribution is 6.03. The Hall–Kier alpha value is -2.38. The average molecular weight is 282 g/mol. The molecule has 1 aromatic rings. The van der Waals surface area contributed by atoms with E-state index in [1.54, 1.807) is 6.92 Å². The summed E-state index contributed by atoms with van der Waals surface area (Å²) in [6.45, 7) is 1.95. The lowest BCUT2D eigenvalue weighted by Gasteiger charge is -2.13. The van der Waals surface area contributed by atoms with E-state index in [4.69, 9.17) is 9.26 Å². The number of ether oxygens (including phenoxy) is 2. The van der Waals surface area contributed by atoms with Crippen LogP contribution in [0.25, 0.3) is 0 Å². The zero-order chi connectivity index (χ0) is 14.7. The Kier molecular flexibility index (Phi) is 4.02. The number of aromatic nitrogens is 1. The van der Waals surface area contributed by atoms with Gasteiger partial charge in [0.2, 0.25) is 11.8 Å². The Morgan fingerprint density at radius 2 is 2.30 bits per heavy atom. The Balaban J connectivity index is 2.21. The van der Waals surface area contributed by atoms with Gasteiger partial charge in [-0.15, -0.1) is 0 Å². The van der Waals surface area contributed by atoms with Gasteiger partial charge in [-0.25, -0.2) is 4.79 Å². The zero-order valence-electron chi connectivity index (χ0n) is 11.1. The first-order chi connectivity index (χ1) is 9.58. The summed E-state index contributed by atoms with van der Waals surface area (Å²) >= 11 is 0. The largest absolute Gasteiger partial charge is 0.469 e. The predicted molar refractivity (Wildman–Crippen MR) is 64.9 cm³/mol. The molecule has 8 nitrogen and oxygen atoms in total. The fourth-order valence-electron chi connectivity index (χ4n) is 2.01. The van der Waals surface area contributed by atoms with Crippen LogP contribution < -0.4 is 4.90 Å². The van der Waals surface area contributed by atoms with Gasteiger partial charge in [0.15, 0.2) is 0 Å².